The van der Waals surface area contributed by atoms with Gasteiger partial charge in [0.2, 0.25) is 0 Å². The lowest BCUT2D eigenvalue weighted by atomic mass is 10.1. The molecule has 0 saturated carbocycles. The van der Waals surface area contributed by atoms with E-state index in [1.165, 1.54) is 0 Å². The van der Waals surface area contributed by atoms with Crippen LogP contribution in [0.2, 0.25) is 0 Å². The van der Waals surface area contributed by atoms with Crippen molar-refractivity contribution >= 4 is 0 Å². The Morgan fingerprint density at radius 2 is 1.71 bits per heavy atom. The molecule has 0 amide bonds. The van der Waals surface area contributed by atoms with E-state index in [2.05, 4.69) is 55.9 Å². The monoisotopic (exact) mass is 202 g/mol. The average Bonchev–Trinajstić information content (AvgIpc) is 2.03. The summed E-state index contributed by atoms with van der Waals surface area (Å²) >= 11 is 0. The fraction of sp³-hybridized carbons (Fsp3) is 1.00. The zero-order chi connectivity index (χ0) is 11.1. The number of rotatable bonds is 7. The molecule has 0 rings (SSSR count). The van der Waals surface area contributed by atoms with Gasteiger partial charge in [0.05, 0.1) is 6.17 Å². The van der Waals surface area contributed by atoms with Crippen LogP contribution in [0.5, 0.6) is 0 Å². The third kappa shape index (κ3) is 4.91. The van der Waals surface area contributed by atoms with Crippen LogP contribution in [-0.2, 0) is 0 Å². The van der Waals surface area contributed by atoms with Crippen LogP contribution in [0.1, 0.15) is 34.6 Å². The maximum Gasteiger partial charge on any atom is 0.0912 e. The van der Waals surface area contributed by atoms with Crippen LogP contribution in [0, 0.1) is 5.92 Å². The molecule has 4 nitrogen and oxygen atoms in total. The number of hydrogen-bond acceptors (Lipinski definition) is 4. The van der Waals surface area contributed by atoms with Gasteiger partial charge >= 0.3 is 0 Å². The fourth-order valence-corrected chi connectivity index (χ4v) is 1.43. The molecule has 4 heteroatoms. The predicted molar refractivity (Wildman–Crippen MR) is 61.5 cm³/mol. The highest BCUT2D eigenvalue weighted by Gasteiger charge is 2.19. The molecule has 0 radical (unpaired) electrons. The summed E-state index contributed by atoms with van der Waals surface area (Å²) in [7, 11) is 1.98. The van der Waals surface area contributed by atoms with Crippen molar-refractivity contribution in [3.8, 4) is 0 Å². The van der Waals surface area contributed by atoms with E-state index in [0.717, 1.165) is 6.54 Å². The van der Waals surface area contributed by atoms with E-state index in [0.29, 0.717) is 18.1 Å². The highest BCUT2D eigenvalue weighted by atomic mass is 15.8. The average molecular weight is 202 g/mol. The molecule has 0 aliphatic rings. The fourth-order valence-electron chi connectivity index (χ4n) is 1.43. The second kappa shape index (κ2) is 7.17. The Hall–Kier alpha value is -0.160. The minimum absolute atomic E-state index is 0.303. The Kier molecular flexibility index (Phi) is 7.09. The normalized spacial score (nSPS) is 14.4. The predicted octanol–water partition coefficient (Wildman–Crippen LogP) is 0.927. The van der Waals surface area contributed by atoms with Crippen molar-refractivity contribution in [3.05, 3.63) is 0 Å². The van der Waals surface area contributed by atoms with Gasteiger partial charge in [-0.15, -0.1) is 0 Å². The largest absolute Gasteiger partial charge is 0.302 e. The molecule has 1 unspecified atom stereocenters. The summed E-state index contributed by atoms with van der Waals surface area (Å²) in [4.78, 5) is 0. The number of hydrogen-bond donors (Lipinski definition) is 3. The molecule has 14 heavy (non-hydrogen) atoms. The van der Waals surface area contributed by atoms with E-state index >= 15 is 0 Å². The van der Waals surface area contributed by atoms with Gasteiger partial charge in [-0.1, -0.05) is 20.8 Å². The van der Waals surface area contributed by atoms with Crippen molar-refractivity contribution < 1.29 is 0 Å². The minimum Gasteiger partial charge on any atom is -0.302 e. The van der Waals surface area contributed by atoms with Crippen molar-refractivity contribution in [3.63, 3.8) is 0 Å². The topological polar surface area (TPSA) is 39.3 Å². The van der Waals surface area contributed by atoms with Crippen LogP contribution in [0.25, 0.3) is 0 Å². The third-order valence-electron chi connectivity index (χ3n) is 1.93. The highest BCUT2D eigenvalue weighted by Crippen LogP contribution is 2.03. The van der Waals surface area contributed by atoms with Crippen molar-refractivity contribution in [2.75, 3.05) is 13.6 Å². The molecule has 0 spiro atoms. The molecular weight excluding hydrogens is 176 g/mol. The van der Waals surface area contributed by atoms with Gasteiger partial charge in [-0.3, -0.25) is 0 Å². The second-order valence-corrected chi connectivity index (χ2v) is 4.14. The standard InChI is InChI=1S/C10H26N4/c1-7-12-14(13-9(4)5)10(11-6)8(2)3/h8-13H,7H2,1-6H3. The first-order chi connectivity index (χ1) is 6.52. The van der Waals surface area contributed by atoms with Crippen LogP contribution in [-0.4, -0.2) is 30.9 Å². The van der Waals surface area contributed by atoms with Crippen LogP contribution < -0.4 is 16.2 Å². The smallest absolute Gasteiger partial charge is 0.0912 e. The first kappa shape index (κ1) is 13.8. The van der Waals surface area contributed by atoms with Gasteiger partial charge in [-0.05, 0) is 26.8 Å². The summed E-state index contributed by atoms with van der Waals surface area (Å²) in [5, 5.41) is 5.36. The number of hydrazine groups is 2. The van der Waals surface area contributed by atoms with Crippen LogP contribution >= 0.6 is 0 Å². The summed E-state index contributed by atoms with van der Waals surface area (Å²) in [5.41, 5.74) is 6.68. The quantitative estimate of drug-likeness (QED) is 0.424. The van der Waals surface area contributed by atoms with E-state index in [1.54, 1.807) is 0 Å². The highest BCUT2D eigenvalue weighted by molar-refractivity contribution is 4.66. The zero-order valence-electron chi connectivity index (χ0n) is 10.4. The van der Waals surface area contributed by atoms with Gasteiger partial charge in [-0.2, -0.15) is 5.12 Å². The maximum atomic E-state index is 3.37. The summed E-state index contributed by atoms with van der Waals surface area (Å²) in [6.07, 6.45) is 0.303. The lowest BCUT2D eigenvalue weighted by Crippen LogP contribution is -2.61. The van der Waals surface area contributed by atoms with Gasteiger partial charge in [0.25, 0.3) is 0 Å². The Morgan fingerprint density at radius 1 is 1.14 bits per heavy atom. The molecule has 1 atom stereocenters. The summed E-state index contributed by atoms with van der Waals surface area (Å²) in [6, 6.07) is 0.434. The Morgan fingerprint density at radius 3 is 2.00 bits per heavy atom. The molecule has 0 bridgehead atoms. The van der Waals surface area contributed by atoms with Crippen molar-refractivity contribution in [2.24, 2.45) is 5.92 Å². The minimum atomic E-state index is 0.303. The Bertz CT molecular complexity index is 136. The summed E-state index contributed by atoms with van der Waals surface area (Å²) in [5.74, 6) is 0.547. The SMILES string of the molecule is CCNN(NC(C)C)C(NC)C(C)C. The van der Waals surface area contributed by atoms with Crippen LogP contribution in [0.3, 0.4) is 0 Å². The second-order valence-electron chi connectivity index (χ2n) is 4.14. The van der Waals surface area contributed by atoms with E-state index in [9.17, 15) is 0 Å². The van der Waals surface area contributed by atoms with E-state index < -0.39 is 0 Å². The lowest BCUT2D eigenvalue weighted by molar-refractivity contribution is 0.0104. The van der Waals surface area contributed by atoms with Gasteiger partial charge in [0.15, 0.2) is 0 Å². The van der Waals surface area contributed by atoms with Gasteiger partial charge in [0.1, 0.15) is 0 Å². The first-order valence-corrected chi connectivity index (χ1v) is 5.49. The molecule has 0 aromatic carbocycles. The molecule has 0 aromatic heterocycles. The molecule has 0 aromatic rings. The molecule has 0 saturated heterocycles. The molecule has 0 fully saturated rings. The third-order valence-corrected chi connectivity index (χ3v) is 1.93. The number of nitrogens with one attached hydrogen (secondary N) is 3. The molecule has 0 aliphatic carbocycles. The first-order valence-electron chi connectivity index (χ1n) is 5.49. The van der Waals surface area contributed by atoms with E-state index in [4.69, 9.17) is 0 Å². The molecule has 0 aliphatic heterocycles. The Balaban J connectivity index is 4.27. The zero-order valence-corrected chi connectivity index (χ0v) is 10.4. The van der Waals surface area contributed by atoms with E-state index in [1.807, 2.05) is 7.05 Å². The van der Waals surface area contributed by atoms with Gasteiger partial charge in [-0.25, -0.2) is 10.9 Å². The van der Waals surface area contributed by atoms with Crippen LogP contribution in [0.15, 0.2) is 0 Å². The molecule has 0 heterocycles. The lowest BCUT2D eigenvalue weighted by Gasteiger charge is -2.35. The van der Waals surface area contributed by atoms with Crippen molar-refractivity contribution in [1.29, 1.82) is 0 Å². The van der Waals surface area contributed by atoms with Crippen molar-refractivity contribution in [1.82, 2.24) is 21.3 Å². The van der Waals surface area contributed by atoms with Crippen molar-refractivity contribution in [2.45, 2.75) is 46.8 Å². The number of nitrogens with zero attached hydrogens (tertiary/aromatic N) is 1. The maximum absolute atomic E-state index is 3.37. The molecule has 3 N–H and O–H groups in total. The summed E-state index contributed by atoms with van der Waals surface area (Å²) in [6.45, 7) is 11.7. The molecule has 86 valence electrons. The van der Waals surface area contributed by atoms with Gasteiger partial charge in [0, 0.05) is 12.6 Å². The van der Waals surface area contributed by atoms with Crippen LogP contribution in [0.4, 0.5) is 0 Å². The van der Waals surface area contributed by atoms with E-state index in [-0.39, 0.29) is 0 Å². The van der Waals surface area contributed by atoms with Gasteiger partial charge < -0.3 is 5.32 Å². The Labute approximate surface area is 88.4 Å². The summed E-state index contributed by atoms with van der Waals surface area (Å²) < 4.78 is 0. The molecular formula is C10H26N4.